The quantitative estimate of drug-likeness (QED) is 0.871. The number of imidazole rings is 1. The fourth-order valence-corrected chi connectivity index (χ4v) is 4.22. The summed E-state index contributed by atoms with van der Waals surface area (Å²) in [6, 6.07) is 8.75. The van der Waals surface area contributed by atoms with E-state index in [2.05, 4.69) is 21.8 Å². The maximum absolute atomic E-state index is 13.0. The highest BCUT2D eigenvalue weighted by Gasteiger charge is 2.38. The fourth-order valence-electron chi connectivity index (χ4n) is 4.22. The molecular weight excluding hydrogens is 300 g/mol. The molecule has 0 spiro atoms. The summed E-state index contributed by atoms with van der Waals surface area (Å²) in [7, 11) is 2.19. The third-order valence-corrected chi connectivity index (χ3v) is 5.50. The Kier molecular flexibility index (Phi) is 4.10. The van der Waals surface area contributed by atoms with E-state index in [1.165, 1.54) is 12.8 Å². The van der Waals surface area contributed by atoms with E-state index in [1.807, 2.05) is 35.0 Å². The molecule has 0 saturated carbocycles. The molecule has 2 aromatic rings. The topological polar surface area (TPSA) is 41.4 Å². The zero-order valence-electron chi connectivity index (χ0n) is 14.1. The van der Waals surface area contributed by atoms with E-state index in [9.17, 15) is 4.79 Å². The van der Waals surface area contributed by atoms with Gasteiger partial charge in [-0.1, -0.05) is 0 Å². The molecule has 0 N–H and O–H groups in total. The van der Waals surface area contributed by atoms with Crippen LogP contribution in [-0.2, 0) is 0 Å². The lowest BCUT2D eigenvalue weighted by Gasteiger charge is -2.33. The number of benzene rings is 1. The Morgan fingerprint density at radius 3 is 2.50 bits per heavy atom. The molecule has 2 fully saturated rings. The van der Waals surface area contributed by atoms with Gasteiger partial charge in [-0.2, -0.15) is 0 Å². The Morgan fingerprint density at radius 1 is 1.08 bits per heavy atom. The molecule has 3 heterocycles. The summed E-state index contributed by atoms with van der Waals surface area (Å²) in [6.45, 7) is 2.04. The third kappa shape index (κ3) is 2.73. The number of carbonyl (C=O) groups excluding carboxylic acids is 1. The summed E-state index contributed by atoms with van der Waals surface area (Å²) in [5.74, 6) is 0.176. The zero-order chi connectivity index (χ0) is 16.5. The van der Waals surface area contributed by atoms with Crippen LogP contribution in [-0.4, -0.2) is 57.5 Å². The first-order chi connectivity index (χ1) is 11.7. The number of carbonyl (C=O) groups is 1. The molecule has 2 aliphatic heterocycles. The van der Waals surface area contributed by atoms with E-state index in [-0.39, 0.29) is 5.91 Å². The Balaban J connectivity index is 1.52. The molecule has 5 heteroatoms. The highest BCUT2D eigenvalue weighted by molar-refractivity contribution is 5.94. The molecule has 126 valence electrons. The number of likely N-dealkylation sites (tertiary alicyclic amines) is 2. The largest absolute Gasteiger partial charge is 0.334 e. The van der Waals surface area contributed by atoms with Crippen molar-refractivity contribution < 1.29 is 4.79 Å². The van der Waals surface area contributed by atoms with Crippen LogP contribution >= 0.6 is 0 Å². The molecule has 1 aromatic heterocycles. The standard InChI is InChI=1S/C19H24N4O/c1-21-11-2-4-17(21)18-5-3-12-23(18)19(24)15-6-8-16(9-7-15)22-13-10-20-14-22/h6-10,13-14,17-18H,2-5,11-12H2,1H3/t17-,18+/m0/s1. The number of aromatic nitrogens is 2. The maximum Gasteiger partial charge on any atom is 0.254 e. The number of nitrogens with zero attached hydrogens (tertiary/aromatic N) is 4. The molecule has 2 aliphatic rings. The van der Waals surface area contributed by atoms with Gasteiger partial charge in [0.1, 0.15) is 0 Å². The number of hydrogen-bond donors (Lipinski definition) is 0. The van der Waals surface area contributed by atoms with Crippen molar-refractivity contribution in [3.8, 4) is 5.69 Å². The Hall–Kier alpha value is -2.14. The second-order valence-electron chi connectivity index (χ2n) is 6.92. The lowest BCUT2D eigenvalue weighted by molar-refractivity contribution is 0.0664. The highest BCUT2D eigenvalue weighted by Crippen LogP contribution is 2.30. The zero-order valence-corrected chi connectivity index (χ0v) is 14.1. The average molecular weight is 324 g/mol. The van der Waals surface area contributed by atoms with Crippen LogP contribution in [0.5, 0.6) is 0 Å². The molecule has 4 rings (SSSR count). The van der Waals surface area contributed by atoms with Crippen LogP contribution in [0.1, 0.15) is 36.0 Å². The predicted octanol–water partition coefficient (Wildman–Crippen LogP) is 2.57. The lowest BCUT2D eigenvalue weighted by atomic mass is 10.0. The number of rotatable bonds is 3. The van der Waals surface area contributed by atoms with Crippen LogP contribution in [0.4, 0.5) is 0 Å². The van der Waals surface area contributed by atoms with Crippen molar-refractivity contribution in [1.82, 2.24) is 19.4 Å². The lowest BCUT2D eigenvalue weighted by Crippen LogP contribution is -2.47. The molecule has 24 heavy (non-hydrogen) atoms. The van der Waals surface area contributed by atoms with Crippen LogP contribution in [0.2, 0.25) is 0 Å². The van der Waals surface area contributed by atoms with Crippen LogP contribution in [0.25, 0.3) is 5.69 Å². The molecule has 0 bridgehead atoms. The fraction of sp³-hybridized carbons (Fsp3) is 0.474. The van der Waals surface area contributed by atoms with Gasteiger partial charge in [0.25, 0.3) is 5.91 Å². The number of hydrogen-bond acceptors (Lipinski definition) is 3. The van der Waals surface area contributed by atoms with Crippen molar-refractivity contribution >= 4 is 5.91 Å². The normalized spacial score (nSPS) is 24.6. The van der Waals surface area contributed by atoms with Crippen molar-refractivity contribution in [1.29, 1.82) is 0 Å². The summed E-state index contributed by atoms with van der Waals surface area (Å²) < 4.78 is 1.94. The first kappa shape index (κ1) is 15.4. The second kappa shape index (κ2) is 6.40. The summed E-state index contributed by atoms with van der Waals surface area (Å²) in [6.07, 6.45) is 10.1. The van der Waals surface area contributed by atoms with E-state index in [0.29, 0.717) is 12.1 Å². The Morgan fingerprint density at radius 2 is 1.83 bits per heavy atom. The monoisotopic (exact) mass is 324 g/mol. The average Bonchev–Trinajstić information content (AvgIpc) is 3.35. The van der Waals surface area contributed by atoms with E-state index in [0.717, 1.165) is 37.2 Å². The van der Waals surface area contributed by atoms with Gasteiger partial charge in [-0.05, 0) is 63.5 Å². The van der Waals surface area contributed by atoms with Crippen LogP contribution in [0.3, 0.4) is 0 Å². The second-order valence-corrected chi connectivity index (χ2v) is 6.92. The Labute approximate surface area is 142 Å². The van der Waals surface area contributed by atoms with Gasteiger partial charge >= 0.3 is 0 Å². The molecule has 0 radical (unpaired) electrons. The van der Waals surface area contributed by atoms with Gasteiger partial charge in [-0.3, -0.25) is 4.79 Å². The Bertz CT molecular complexity index is 695. The van der Waals surface area contributed by atoms with Crippen molar-refractivity contribution in [2.75, 3.05) is 20.1 Å². The maximum atomic E-state index is 13.0. The summed E-state index contributed by atoms with van der Waals surface area (Å²) >= 11 is 0. The number of likely N-dealkylation sites (N-methyl/N-ethyl adjacent to an activating group) is 1. The summed E-state index contributed by atoms with van der Waals surface area (Å²) in [4.78, 5) is 21.6. The SMILES string of the molecule is CN1CCC[C@H]1[C@H]1CCCN1C(=O)c1ccc(-n2ccnc2)cc1. The number of amides is 1. The van der Waals surface area contributed by atoms with Crippen LogP contribution < -0.4 is 0 Å². The van der Waals surface area contributed by atoms with E-state index in [4.69, 9.17) is 0 Å². The summed E-state index contributed by atoms with van der Waals surface area (Å²) in [5, 5.41) is 0. The molecular formula is C19H24N4O. The van der Waals surface area contributed by atoms with Gasteiger partial charge in [0.15, 0.2) is 0 Å². The molecule has 2 saturated heterocycles. The molecule has 1 aromatic carbocycles. The molecule has 0 aliphatic carbocycles. The van der Waals surface area contributed by atoms with Gasteiger partial charge in [0.2, 0.25) is 0 Å². The first-order valence-electron chi connectivity index (χ1n) is 8.83. The van der Waals surface area contributed by atoms with Crippen molar-refractivity contribution in [3.05, 3.63) is 48.5 Å². The van der Waals surface area contributed by atoms with E-state index in [1.54, 1.807) is 12.5 Å². The van der Waals surface area contributed by atoms with Gasteiger partial charge in [0.05, 0.1) is 6.33 Å². The van der Waals surface area contributed by atoms with Gasteiger partial charge in [-0.15, -0.1) is 0 Å². The first-order valence-corrected chi connectivity index (χ1v) is 8.83. The van der Waals surface area contributed by atoms with Crippen molar-refractivity contribution in [2.24, 2.45) is 0 Å². The van der Waals surface area contributed by atoms with Gasteiger partial charge in [-0.25, -0.2) is 4.98 Å². The molecule has 1 amide bonds. The van der Waals surface area contributed by atoms with Crippen LogP contribution in [0.15, 0.2) is 43.0 Å². The summed E-state index contributed by atoms with van der Waals surface area (Å²) in [5.41, 5.74) is 1.81. The molecule has 5 nitrogen and oxygen atoms in total. The van der Waals surface area contributed by atoms with E-state index < -0.39 is 0 Å². The molecule has 0 unspecified atom stereocenters. The minimum absolute atomic E-state index is 0.176. The van der Waals surface area contributed by atoms with Crippen molar-refractivity contribution in [2.45, 2.75) is 37.8 Å². The third-order valence-electron chi connectivity index (χ3n) is 5.50. The van der Waals surface area contributed by atoms with E-state index >= 15 is 0 Å². The van der Waals surface area contributed by atoms with Gasteiger partial charge in [0, 0.05) is 42.3 Å². The predicted molar refractivity (Wildman–Crippen MR) is 93.3 cm³/mol. The smallest absolute Gasteiger partial charge is 0.254 e. The minimum atomic E-state index is 0.176. The van der Waals surface area contributed by atoms with Gasteiger partial charge < -0.3 is 14.4 Å². The highest BCUT2D eigenvalue weighted by atomic mass is 16.2. The van der Waals surface area contributed by atoms with Crippen LogP contribution in [0, 0.1) is 0 Å². The van der Waals surface area contributed by atoms with Crippen molar-refractivity contribution in [3.63, 3.8) is 0 Å². The molecule has 2 atom stereocenters. The minimum Gasteiger partial charge on any atom is -0.334 e.